The van der Waals surface area contributed by atoms with Crippen LogP contribution in [0.25, 0.3) is 0 Å². The summed E-state index contributed by atoms with van der Waals surface area (Å²) >= 11 is 0. The van der Waals surface area contributed by atoms with Crippen molar-refractivity contribution in [3.8, 4) is 0 Å². The largest absolute Gasteiger partial charge is 0.465 e. The van der Waals surface area contributed by atoms with Gasteiger partial charge in [-0.15, -0.1) is 0 Å². The molecule has 2 aromatic rings. The second-order valence-electron chi connectivity index (χ2n) is 7.22. The van der Waals surface area contributed by atoms with Gasteiger partial charge in [0.2, 0.25) is 21.8 Å². The van der Waals surface area contributed by atoms with Gasteiger partial charge in [-0.25, -0.2) is 8.42 Å². The van der Waals surface area contributed by atoms with Crippen molar-refractivity contribution in [3.05, 3.63) is 47.4 Å². The summed E-state index contributed by atoms with van der Waals surface area (Å²) in [5.74, 6) is 0.781. The number of rotatable bonds is 7. The summed E-state index contributed by atoms with van der Waals surface area (Å²) in [5, 5.41) is 2.80. The molecule has 0 unspecified atom stereocenters. The molecule has 1 aliphatic rings. The van der Waals surface area contributed by atoms with Gasteiger partial charge >= 0.3 is 0 Å². The van der Waals surface area contributed by atoms with Gasteiger partial charge in [0, 0.05) is 32.1 Å². The molecule has 1 aromatic heterocycles. The molecule has 162 valence electrons. The zero-order valence-electron chi connectivity index (χ0n) is 17.6. The summed E-state index contributed by atoms with van der Waals surface area (Å²) in [7, 11) is -3.63. The van der Waals surface area contributed by atoms with Crippen molar-refractivity contribution >= 4 is 27.5 Å². The predicted octanol–water partition coefficient (Wildman–Crippen LogP) is 2.21. The van der Waals surface area contributed by atoms with Gasteiger partial charge in [0.15, 0.2) is 0 Å². The number of fused-ring (bicyclic) bond motifs is 1. The molecular formula is C21H27N3O5S. The molecule has 0 fully saturated rings. The van der Waals surface area contributed by atoms with E-state index in [1.54, 1.807) is 32.0 Å². The van der Waals surface area contributed by atoms with E-state index in [0.29, 0.717) is 30.1 Å². The monoisotopic (exact) mass is 433 g/mol. The number of aryl methyl sites for hydroxylation is 1. The van der Waals surface area contributed by atoms with E-state index in [0.717, 1.165) is 5.76 Å². The number of anilines is 1. The molecule has 2 heterocycles. The topological polar surface area (TPSA) is 99.9 Å². The molecule has 8 nitrogen and oxygen atoms in total. The molecule has 0 saturated carbocycles. The van der Waals surface area contributed by atoms with E-state index in [-0.39, 0.29) is 29.7 Å². The van der Waals surface area contributed by atoms with Crippen LogP contribution >= 0.6 is 0 Å². The van der Waals surface area contributed by atoms with Crippen LogP contribution in [0.1, 0.15) is 37.9 Å². The van der Waals surface area contributed by atoms with Crippen molar-refractivity contribution in [1.82, 2.24) is 9.62 Å². The van der Waals surface area contributed by atoms with Gasteiger partial charge in [-0.05, 0) is 42.8 Å². The first-order valence-electron chi connectivity index (χ1n) is 9.94. The predicted molar refractivity (Wildman–Crippen MR) is 112 cm³/mol. The molecular weight excluding hydrogens is 406 g/mol. The molecule has 0 radical (unpaired) electrons. The molecule has 0 bridgehead atoms. The average molecular weight is 434 g/mol. The zero-order valence-corrected chi connectivity index (χ0v) is 18.5. The van der Waals surface area contributed by atoms with Crippen molar-refractivity contribution in [2.75, 3.05) is 18.0 Å². The van der Waals surface area contributed by atoms with Crippen LogP contribution in [0.3, 0.4) is 0 Å². The smallest absolute Gasteiger partial charge is 0.243 e. The number of hydrogen-bond donors (Lipinski definition) is 1. The van der Waals surface area contributed by atoms with Gasteiger partial charge in [-0.1, -0.05) is 13.8 Å². The van der Waals surface area contributed by atoms with Gasteiger partial charge in [-0.2, -0.15) is 4.31 Å². The third kappa shape index (κ3) is 4.13. The summed E-state index contributed by atoms with van der Waals surface area (Å²) in [5.41, 5.74) is 1.22. The van der Waals surface area contributed by atoms with Crippen LogP contribution in [-0.4, -0.2) is 43.7 Å². The third-order valence-electron chi connectivity index (χ3n) is 5.25. The minimum atomic E-state index is -3.63. The third-order valence-corrected chi connectivity index (χ3v) is 7.30. The minimum Gasteiger partial charge on any atom is -0.465 e. The van der Waals surface area contributed by atoms with E-state index in [1.165, 1.54) is 22.2 Å². The Balaban J connectivity index is 1.85. The second kappa shape index (κ2) is 8.61. The molecule has 1 N–H and O–H groups in total. The summed E-state index contributed by atoms with van der Waals surface area (Å²) in [6.07, 6.45) is 0.250. The van der Waals surface area contributed by atoms with Gasteiger partial charge in [0.05, 0.1) is 11.4 Å². The van der Waals surface area contributed by atoms with E-state index in [1.807, 2.05) is 13.0 Å². The number of sulfonamides is 1. The molecule has 1 aliphatic heterocycles. The lowest BCUT2D eigenvalue weighted by Gasteiger charge is -2.23. The minimum absolute atomic E-state index is 0.167. The van der Waals surface area contributed by atoms with E-state index < -0.39 is 16.1 Å². The summed E-state index contributed by atoms with van der Waals surface area (Å²) < 4.78 is 32.5. The molecule has 1 aromatic carbocycles. The highest BCUT2D eigenvalue weighted by atomic mass is 32.2. The first kappa shape index (κ1) is 22.0. The van der Waals surface area contributed by atoms with Gasteiger partial charge in [0.25, 0.3) is 0 Å². The first-order chi connectivity index (χ1) is 14.2. The van der Waals surface area contributed by atoms with Gasteiger partial charge in [0.1, 0.15) is 17.6 Å². The molecule has 0 aliphatic carbocycles. The van der Waals surface area contributed by atoms with Crippen LogP contribution in [0.4, 0.5) is 5.69 Å². The van der Waals surface area contributed by atoms with E-state index in [2.05, 4.69) is 5.32 Å². The molecule has 2 amide bonds. The normalized spacial score (nSPS) is 16.0. The number of carbonyl (C=O) groups excluding carboxylic acids is 2. The fourth-order valence-corrected chi connectivity index (χ4v) is 5.28. The highest BCUT2D eigenvalue weighted by Gasteiger charge is 2.38. The van der Waals surface area contributed by atoms with Crippen LogP contribution < -0.4 is 10.2 Å². The quantitative estimate of drug-likeness (QED) is 0.722. The maximum atomic E-state index is 12.8. The SMILES string of the molecule is CCN(CC)S(=O)(=O)c1ccc2c(c1)C[C@H](C(=O)NCc1ccc(C)o1)N2C(C)=O. The Hall–Kier alpha value is -2.65. The lowest BCUT2D eigenvalue weighted by Crippen LogP contribution is -2.47. The van der Waals surface area contributed by atoms with Crippen LogP contribution in [-0.2, 0) is 32.6 Å². The van der Waals surface area contributed by atoms with Crippen molar-refractivity contribution in [2.24, 2.45) is 0 Å². The van der Waals surface area contributed by atoms with Crippen LogP contribution in [0, 0.1) is 6.92 Å². The van der Waals surface area contributed by atoms with Crippen molar-refractivity contribution in [2.45, 2.75) is 51.6 Å². The Labute approximate surface area is 176 Å². The summed E-state index contributed by atoms with van der Waals surface area (Å²) in [4.78, 5) is 26.7. The number of hydrogen-bond acceptors (Lipinski definition) is 5. The molecule has 9 heteroatoms. The fourth-order valence-electron chi connectivity index (χ4n) is 3.77. The zero-order chi connectivity index (χ0) is 22.1. The van der Waals surface area contributed by atoms with Crippen LogP contribution in [0.5, 0.6) is 0 Å². The molecule has 0 spiro atoms. The number of furan rings is 1. The molecule has 0 saturated heterocycles. The summed E-state index contributed by atoms with van der Waals surface area (Å²) in [6.45, 7) is 7.73. The van der Waals surface area contributed by atoms with Gasteiger partial charge < -0.3 is 9.73 Å². The van der Waals surface area contributed by atoms with Crippen molar-refractivity contribution < 1.29 is 22.4 Å². The van der Waals surface area contributed by atoms with E-state index in [4.69, 9.17) is 4.42 Å². The Morgan fingerprint density at radius 1 is 1.20 bits per heavy atom. The molecule has 1 atom stereocenters. The van der Waals surface area contributed by atoms with Crippen molar-refractivity contribution in [3.63, 3.8) is 0 Å². The van der Waals surface area contributed by atoms with E-state index >= 15 is 0 Å². The second-order valence-corrected chi connectivity index (χ2v) is 9.16. The fraction of sp³-hybridized carbons (Fsp3) is 0.429. The number of amides is 2. The number of benzene rings is 1. The summed E-state index contributed by atoms with van der Waals surface area (Å²) in [6, 6.07) is 7.53. The Morgan fingerprint density at radius 2 is 1.90 bits per heavy atom. The number of nitrogens with one attached hydrogen (secondary N) is 1. The van der Waals surface area contributed by atoms with Crippen LogP contribution in [0.15, 0.2) is 39.6 Å². The standard InChI is InChI=1S/C21H27N3O5S/c1-5-23(6-2)30(27,28)18-9-10-19-16(11-18)12-20(24(19)15(4)25)21(26)22-13-17-8-7-14(3)29-17/h7-11,20H,5-6,12-13H2,1-4H3,(H,22,26)/t20-/m1/s1. The highest BCUT2D eigenvalue weighted by Crippen LogP contribution is 2.35. The Kier molecular flexibility index (Phi) is 6.33. The first-order valence-corrected chi connectivity index (χ1v) is 11.4. The average Bonchev–Trinajstić information content (AvgIpc) is 3.29. The maximum Gasteiger partial charge on any atom is 0.243 e. The molecule has 3 rings (SSSR count). The number of nitrogens with zero attached hydrogens (tertiary/aromatic N) is 2. The van der Waals surface area contributed by atoms with Crippen LogP contribution in [0.2, 0.25) is 0 Å². The highest BCUT2D eigenvalue weighted by molar-refractivity contribution is 7.89. The Morgan fingerprint density at radius 3 is 2.47 bits per heavy atom. The van der Waals surface area contributed by atoms with Crippen molar-refractivity contribution in [1.29, 1.82) is 0 Å². The lowest BCUT2D eigenvalue weighted by atomic mass is 10.1. The number of carbonyl (C=O) groups is 2. The lowest BCUT2D eigenvalue weighted by molar-refractivity contribution is -0.125. The maximum absolute atomic E-state index is 12.8. The van der Waals surface area contributed by atoms with Gasteiger partial charge in [-0.3, -0.25) is 14.5 Å². The van der Waals surface area contributed by atoms with E-state index in [9.17, 15) is 18.0 Å². The molecule has 30 heavy (non-hydrogen) atoms. The Bertz CT molecular complexity index is 1060.